The molecule has 164 valence electrons. The molecule has 4 heteroatoms. The highest BCUT2D eigenvalue weighted by atomic mass is 16.5. The number of pyridine rings is 1. The lowest BCUT2D eigenvalue weighted by Crippen LogP contribution is -2.25. The molecule has 3 rings (SSSR count). The van der Waals surface area contributed by atoms with E-state index in [1.807, 2.05) is 36.4 Å². The van der Waals surface area contributed by atoms with Gasteiger partial charge in [-0.2, -0.15) is 5.26 Å². The highest BCUT2D eigenvalue weighted by molar-refractivity contribution is 5.75. The summed E-state index contributed by atoms with van der Waals surface area (Å²) in [7, 11) is 0. The first-order chi connectivity index (χ1) is 15.2. The van der Waals surface area contributed by atoms with E-state index in [1.165, 1.54) is 37.7 Å². The van der Waals surface area contributed by atoms with Crippen molar-refractivity contribution >= 4 is 5.97 Å². The average molecular weight is 419 g/mol. The van der Waals surface area contributed by atoms with Crippen LogP contribution in [0, 0.1) is 23.2 Å². The largest absolute Gasteiger partial charge is 0.425 e. The van der Waals surface area contributed by atoms with Crippen LogP contribution in [0.25, 0.3) is 0 Å². The molecule has 1 heterocycles. The number of nitrogens with zero attached hydrogens (tertiary/aromatic N) is 2. The molecule has 0 aliphatic heterocycles. The average Bonchev–Trinajstić information content (AvgIpc) is 2.82. The molecule has 4 nitrogen and oxygen atoms in total. The van der Waals surface area contributed by atoms with Crippen molar-refractivity contribution in [3.05, 3.63) is 59.4 Å². The first-order valence-electron chi connectivity index (χ1n) is 11.8. The molecular formula is C27H34N2O2. The molecule has 1 fully saturated rings. The van der Waals surface area contributed by atoms with Crippen LogP contribution in [0.5, 0.6) is 5.75 Å². The van der Waals surface area contributed by atoms with Crippen molar-refractivity contribution in [1.82, 2.24) is 4.98 Å². The summed E-state index contributed by atoms with van der Waals surface area (Å²) >= 11 is 0. The van der Waals surface area contributed by atoms with Crippen molar-refractivity contribution in [3.63, 3.8) is 0 Å². The summed E-state index contributed by atoms with van der Waals surface area (Å²) in [6.45, 7) is 2.25. The predicted molar refractivity (Wildman–Crippen MR) is 123 cm³/mol. The van der Waals surface area contributed by atoms with E-state index < -0.39 is 0 Å². The Morgan fingerprint density at radius 1 is 1.03 bits per heavy atom. The number of carbonyl (C=O) groups excluding carboxylic acids is 1. The maximum Gasteiger partial charge on any atom is 0.314 e. The van der Waals surface area contributed by atoms with Gasteiger partial charge >= 0.3 is 5.97 Å². The summed E-state index contributed by atoms with van der Waals surface area (Å²) in [5.74, 6) is 1.26. The summed E-state index contributed by atoms with van der Waals surface area (Å²) in [6, 6.07) is 13.5. The zero-order valence-corrected chi connectivity index (χ0v) is 18.7. The number of hydrogen-bond acceptors (Lipinski definition) is 4. The summed E-state index contributed by atoms with van der Waals surface area (Å²) in [5, 5.41) is 8.87. The highest BCUT2D eigenvalue weighted by Crippen LogP contribution is 2.33. The lowest BCUT2D eigenvalue weighted by molar-refractivity contribution is -0.140. The number of aryl methyl sites for hydroxylation is 2. The molecule has 1 aromatic heterocycles. The molecule has 0 spiro atoms. The number of esters is 1. The van der Waals surface area contributed by atoms with Crippen molar-refractivity contribution < 1.29 is 9.53 Å². The van der Waals surface area contributed by atoms with Gasteiger partial charge in [-0.15, -0.1) is 0 Å². The fourth-order valence-electron chi connectivity index (χ4n) is 4.38. The minimum absolute atomic E-state index is 0.0305. The second-order valence-electron chi connectivity index (χ2n) is 8.78. The normalized spacial score (nSPS) is 18.3. The Morgan fingerprint density at radius 2 is 1.81 bits per heavy atom. The maximum atomic E-state index is 12.5. The number of unbranched alkanes of at least 4 members (excludes halogenated alkanes) is 3. The summed E-state index contributed by atoms with van der Waals surface area (Å²) in [5.41, 5.74) is 2.82. The Kier molecular flexibility index (Phi) is 9.09. The number of rotatable bonds is 10. The molecule has 1 aliphatic carbocycles. The van der Waals surface area contributed by atoms with Gasteiger partial charge in [-0.05, 0) is 74.3 Å². The standard InChI is InChI=1S/C27H34N2O2/c1-2-3-4-5-6-21-11-14-24(15-12-21)27(30)31-26-18-17-25(29-20-26)16-13-22-7-9-23(19-28)10-8-22/h7-10,17-18,20-21,24H,2-6,11-16H2,1H3. The molecule has 1 aromatic carbocycles. The molecule has 1 aliphatic rings. The van der Waals surface area contributed by atoms with Gasteiger partial charge in [0.25, 0.3) is 0 Å². The Balaban J connectivity index is 1.39. The maximum absolute atomic E-state index is 12.5. The first kappa shape index (κ1) is 23.0. The molecule has 0 bridgehead atoms. The fourth-order valence-corrected chi connectivity index (χ4v) is 4.38. The van der Waals surface area contributed by atoms with Gasteiger partial charge in [-0.25, -0.2) is 0 Å². The van der Waals surface area contributed by atoms with E-state index in [0.29, 0.717) is 11.3 Å². The Labute approximate surface area is 186 Å². The minimum atomic E-state index is -0.100. The molecule has 0 radical (unpaired) electrons. The smallest absolute Gasteiger partial charge is 0.314 e. The number of benzene rings is 1. The molecule has 0 atom stereocenters. The van der Waals surface area contributed by atoms with Crippen LogP contribution in [0.1, 0.15) is 81.5 Å². The molecule has 0 saturated heterocycles. The van der Waals surface area contributed by atoms with Crippen LogP contribution in [-0.2, 0) is 17.6 Å². The van der Waals surface area contributed by atoms with Crippen molar-refractivity contribution in [3.8, 4) is 11.8 Å². The van der Waals surface area contributed by atoms with Crippen LogP contribution < -0.4 is 4.74 Å². The highest BCUT2D eigenvalue weighted by Gasteiger charge is 2.27. The first-order valence-corrected chi connectivity index (χ1v) is 11.8. The summed E-state index contributed by atoms with van der Waals surface area (Å²) in [4.78, 5) is 17.0. The van der Waals surface area contributed by atoms with Crippen LogP contribution in [0.3, 0.4) is 0 Å². The molecule has 0 amide bonds. The number of ether oxygens (including phenoxy) is 1. The van der Waals surface area contributed by atoms with Crippen LogP contribution >= 0.6 is 0 Å². The number of carbonyl (C=O) groups is 1. The van der Waals surface area contributed by atoms with Gasteiger partial charge in [-0.1, -0.05) is 51.2 Å². The van der Waals surface area contributed by atoms with E-state index in [4.69, 9.17) is 10.00 Å². The predicted octanol–water partition coefficient (Wildman–Crippen LogP) is 6.42. The van der Waals surface area contributed by atoms with Gasteiger partial charge < -0.3 is 4.74 Å². The van der Waals surface area contributed by atoms with Crippen LogP contribution in [0.2, 0.25) is 0 Å². The minimum Gasteiger partial charge on any atom is -0.425 e. The second-order valence-corrected chi connectivity index (χ2v) is 8.78. The third kappa shape index (κ3) is 7.51. The molecule has 31 heavy (non-hydrogen) atoms. The third-order valence-electron chi connectivity index (χ3n) is 6.41. The fraction of sp³-hybridized carbons (Fsp3) is 0.519. The lowest BCUT2D eigenvalue weighted by atomic mass is 9.80. The number of aromatic nitrogens is 1. The Hall–Kier alpha value is -2.67. The van der Waals surface area contributed by atoms with Crippen molar-refractivity contribution in [2.75, 3.05) is 0 Å². The Morgan fingerprint density at radius 3 is 2.45 bits per heavy atom. The number of nitriles is 1. The van der Waals surface area contributed by atoms with Gasteiger partial charge in [0.15, 0.2) is 0 Å². The molecule has 1 saturated carbocycles. The van der Waals surface area contributed by atoms with E-state index in [-0.39, 0.29) is 11.9 Å². The monoisotopic (exact) mass is 418 g/mol. The zero-order valence-electron chi connectivity index (χ0n) is 18.7. The topological polar surface area (TPSA) is 63.0 Å². The van der Waals surface area contributed by atoms with Crippen LogP contribution in [-0.4, -0.2) is 11.0 Å². The van der Waals surface area contributed by atoms with Gasteiger partial charge in [0.1, 0.15) is 5.75 Å². The van der Waals surface area contributed by atoms with Crippen molar-refractivity contribution in [1.29, 1.82) is 5.26 Å². The van der Waals surface area contributed by atoms with Crippen LogP contribution in [0.15, 0.2) is 42.6 Å². The molecule has 0 unspecified atom stereocenters. The number of hydrogen-bond donors (Lipinski definition) is 0. The van der Waals surface area contributed by atoms with Gasteiger partial charge in [0.2, 0.25) is 0 Å². The molecule has 2 aromatic rings. The SMILES string of the molecule is CCCCCCC1CCC(C(=O)Oc2ccc(CCc3ccc(C#N)cc3)nc2)CC1. The van der Waals surface area contributed by atoms with E-state index in [9.17, 15) is 4.79 Å². The van der Waals surface area contributed by atoms with Crippen molar-refractivity contribution in [2.24, 2.45) is 11.8 Å². The molecule has 0 N–H and O–H groups in total. The van der Waals surface area contributed by atoms with E-state index in [0.717, 1.165) is 50.1 Å². The van der Waals surface area contributed by atoms with E-state index in [2.05, 4.69) is 18.0 Å². The van der Waals surface area contributed by atoms with E-state index in [1.54, 1.807) is 6.20 Å². The van der Waals surface area contributed by atoms with Gasteiger partial charge in [-0.3, -0.25) is 9.78 Å². The van der Waals surface area contributed by atoms with Crippen molar-refractivity contribution in [2.45, 2.75) is 77.6 Å². The third-order valence-corrected chi connectivity index (χ3v) is 6.41. The summed E-state index contributed by atoms with van der Waals surface area (Å²) < 4.78 is 5.61. The lowest BCUT2D eigenvalue weighted by Gasteiger charge is -2.27. The van der Waals surface area contributed by atoms with E-state index >= 15 is 0 Å². The van der Waals surface area contributed by atoms with Crippen LogP contribution in [0.4, 0.5) is 0 Å². The Bertz CT molecular complexity index is 844. The zero-order chi connectivity index (χ0) is 21.9. The summed E-state index contributed by atoms with van der Waals surface area (Å²) in [6.07, 6.45) is 14.1. The molecular weight excluding hydrogens is 384 g/mol. The second kappa shape index (κ2) is 12.2. The van der Waals surface area contributed by atoms with Gasteiger partial charge in [0.05, 0.1) is 23.7 Å². The van der Waals surface area contributed by atoms with Gasteiger partial charge in [0, 0.05) is 5.69 Å². The quantitative estimate of drug-likeness (QED) is 0.330.